The van der Waals surface area contributed by atoms with Crippen molar-refractivity contribution in [1.82, 2.24) is 0 Å². The molecule has 1 N–H and O–H groups in total. The fourth-order valence-electron chi connectivity index (χ4n) is 1.94. The first-order valence-electron chi connectivity index (χ1n) is 5.39. The average Bonchev–Trinajstić information content (AvgIpc) is 2.31. The molecule has 0 bridgehead atoms. The average molecular weight is 244 g/mol. The van der Waals surface area contributed by atoms with Crippen LogP contribution in [0.1, 0.15) is 21.7 Å². The van der Waals surface area contributed by atoms with Gasteiger partial charge in [-0.25, -0.2) is 0 Å². The highest BCUT2D eigenvalue weighted by Gasteiger charge is 2.19. The molecule has 0 fully saturated rings. The molecular formula is C14H12O4. The Kier molecular flexibility index (Phi) is 2.79. The molecule has 2 rings (SSSR count). The molecule has 0 atom stereocenters. The largest absolute Gasteiger partial charge is 0.501 e. The Bertz CT molecular complexity index is 723. The highest BCUT2D eigenvalue weighted by atomic mass is 16.4. The van der Waals surface area contributed by atoms with E-state index in [9.17, 15) is 14.7 Å². The number of aryl methyl sites for hydroxylation is 2. The summed E-state index contributed by atoms with van der Waals surface area (Å²) in [6.45, 7) is 6.91. The van der Waals surface area contributed by atoms with Crippen LogP contribution in [-0.2, 0) is 0 Å². The Morgan fingerprint density at radius 2 is 2.06 bits per heavy atom. The maximum Gasteiger partial charge on any atom is 0.235 e. The van der Waals surface area contributed by atoms with Gasteiger partial charge in [-0.3, -0.25) is 9.59 Å². The van der Waals surface area contributed by atoms with Gasteiger partial charge in [0.1, 0.15) is 5.58 Å². The van der Waals surface area contributed by atoms with Crippen LogP contribution in [0.25, 0.3) is 11.0 Å². The van der Waals surface area contributed by atoms with Crippen molar-refractivity contribution >= 4 is 16.8 Å². The fourth-order valence-corrected chi connectivity index (χ4v) is 1.94. The van der Waals surface area contributed by atoms with Crippen LogP contribution in [0.15, 0.2) is 34.0 Å². The van der Waals surface area contributed by atoms with Gasteiger partial charge in [0.25, 0.3) is 0 Å². The number of hydrogen-bond donors (Lipinski definition) is 1. The third-order valence-corrected chi connectivity index (χ3v) is 2.72. The summed E-state index contributed by atoms with van der Waals surface area (Å²) in [5.74, 6) is -1.66. The van der Waals surface area contributed by atoms with Crippen molar-refractivity contribution in [1.29, 1.82) is 0 Å². The summed E-state index contributed by atoms with van der Waals surface area (Å²) in [6.07, 6.45) is 0.993. The van der Waals surface area contributed by atoms with E-state index in [2.05, 4.69) is 6.58 Å². The van der Waals surface area contributed by atoms with Gasteiger partial charge in [-0.05, 0) is 37.1 Å². The molecule has 0 saturated heterocycles. The standard InChI is InChI=1S/C14H12O4/c1-4-9(15)14-13(17)12(16)11-8(3)5-7(2)6-10(11)18-14/h4-6,17H,1H2,2-3H3. The summed E-state index contributed by atoms with van der Waals surface area (Å²) in [5.41, 5.74) is 1.30. The molecule has 0 unspecified atom stereocenters. The number of aromatic hydroxyl groups is 1. The van der Waals surface area contributed by atoms with Crippen LogP contribution in [0, 0.1) is 13.8 Å². The number of carbonyl (C=O) groups is 1. The first kappa shape index (κ1) is 12.1. The molecule has 0 radical (unpaired) electrons. The lowest BCUT2D eigenvalue weighted by atomic mass is 10.1. The summed E-state index contributed by atoms with van der Waals surface area (Å²) in [5, 5.41) is 10.0. The molecule has 0 spiro atoms. The van der Waals surface area contributed by atoms with Crippen molar-refractivity contribution in [2.75, 3.05) is 0 Å². The van der Waals surface area contributed by atoms with Crippen molar-refractivity contribution in [2.45, 2.75) is 13.8 Å². The maximum absolute atomic E-state index is 12.0. The Labute approximate surface area is 103 Å². The number of carbonyl (C=O) groups excluding carboxylic acids is 1. The van der Waals surface area contributed by atoms with E-state index in [0.717, 1.165) is 11.6 Å². The van der Waals surface area contributed by atoms with E-state index in [0.29, 0.717) is 16.5 Å². The normalized spacial score (nSPS) is 10.6. The molecule has 2 aromatic rings. The summed E-state index contributed by atoms with van der Waals surface area (Å²) < 4.78 is 5.32. The first-order valence-corrected chi connectivity index (χ1v) is 5.39. The predicted molar refractivity (Wildman–Crippen MR) is 68.2 cm³/mol. The van der Waals surface area contributed by atoms with E-state index in [1.165, 1.54) is 0 Å². The molecule has 92 valence electrons. The highest BCUT2D eigenvalue weighted by Crippen LogP contribution is 2.24. The molecular weight excluding hydrogens is 232 g/mol. The molecule has 1 heterocycles. The molecule has 0 aliphatic carbocycles. The second-order valence-electron chi connectivity index (χ2n) is 4.13. The smallest absolute Gasteiger partial charge is 0.235 e. The minimum absolute atomic E-state index is 0.290. The van der Waals surface area contributed by atoms with E-state index in [-0.39, 0.29) is 5.76 Å². The van der Waals surface area contributed by atoms with Gasteiger partial charge in [-0.15, -0.1) is 0 Å². The van der Waals surface area contributed by atoms with Gasteiger partial charge < -0.3 is 9.52 Å². The Morgan fingerprint density at radius 3 is 2.67 bits per heavy atom. The Balaban J connectivity index is 2.97. The zero-order chi connectivity index (χ0) is 13.4. The Hall–Kier alpha value is -2.36. The maximum atomic E-state index is 12.0. The Morgan fingerprint density at radius 1 is 1.39 bits per heavy atom. The predicted octanol–water partition coefficient (Wildman–Crippen LogP) is 2.48. The van der Waals surface area contributed by atoms with E-state index in [1.807, 2.05) is 13.0 Å². The van der Waals surface area contributed by atoms with Crippen molar-refractivity contribution in [2.24, 2.45) is 0 Å². The number of ketones is 1. The minimum Gasteiger partial charge on any atom is -0.501 e. The zero-order valence-electron chi connectivity index (χ0n) is 10.1. The minimum atomic E-state index is -0.667. The second kappa shape index (κ2) is 4.14. The molecule has 4 heteroatoms. The molecule has 0 aliphatic rings. The van der Waals surface area contributed by atoms with Crippen molar-refractivity contribution in [3.63, 3.8) is 0 Å². The summed E-state index contributed by atoms with van der Waals surface area (Å²) >= 11 is 0. The topological polar surface area (TPSA) is 67.5 Å². The van der Waals surface area contributed by atoms with Crippen molar-refractivity contribution < 1.29 is 14.3 Å². The number of rotatable bonds is 2. The van der Waals surface area contributed by atoms with Gasteiger partial charge in [0.05, 0.1) is 5.39 Å². The molecule has 0 amide bonds. The SMILES string of the molecule is C=CC(=O)c1oc2cc(C)cc(C)c2c(=O)c1O. The monoisotopic (exact) mass is 244 g/mol. The van der Waals surface area contributed by atoms with Crippen LogP contribution in [0.3, 0.4) is 0 Å². The van der Waals surface area contributed by atoms with Gasteiger partial charge in [0.2, 0.25) is 22.7 Å². The molecule has 1 aromatic carbocycles. The summed E-state index contributed by atoms with van der Waals surface area (Å²) in [6, 6.07) is 3.47. The fraction of sp³-hybridized carbons (Fsp3) is 0.143. The van der Waals surface area contributed by atoms with E-state index < -0.39 is 17.0 Å². The number of fused-ring (bicyclic) bond motifs is 1. The quantitative estimate of drug-likeness (QED) is 0.651. The van der Waals surface area contributed by atoms with E-state index in [4.69, 9.17) is 4.42 Å². The van der Waals surface area contributed by atoms with Gasteiger partial charge in [0, 0.05) is 0 Å². The molecule has 0 aliphatic heterocycles. The van der Waals surface area contributed by atoms with Crippen LogP contribution in [0.5, 0.6) is 5.75 Å². The van der Waals surface area contributed by atoms with Crippen LogP contribution in [0.4, 0.5) is 0 Å². The van der Waals surface area contributed by atoms with Gasteiger partial charge >= 0.3 is 0 Å². The van der Waals surface area contributed by atoms with Gasteiger partial charge in [-0.2, -0.15) is 0 Å². The van der Waals surface area contributed by atoms with Crippen LogP contribution < -0.4 is 5.43 Å². The summed E-state index contributed by atoms with van der Waals surface area (Å²) in [7, 11) is 0. The number of hydrogen-bond acceptors (Lipinski definition) is 4. The van der Waals surface area contributed by atoms with Crippen LogP contribution >= 0.6 is 0 Å². The lowest BCUT2D eigenvalue weighted by Crippen LogP contribution is -2.08. The highest BCUT2D eigenvalue weighted by molar-refractivity contribution is 6.05. The van der Waals surface area contributed by atoms with Gasteiger partial charge in [-0.1, -0.05) is 12.6 Å². The number of benzene rings is 1. The third-order valence-electron chi connectivity index (χ3n) is 2.72. The summed E-state index contributed by atoms with van der Waals surface area (Å²) in [4.78, 5) is 23.5. The molecule has 18 heavy (non-hydrogen) atoms. The van der Waals surface area contributed by atoms with Crippen molar-refractivity contribution in [3.05, 3.63) is 51.9 Å². The van der Waals surface area contributed by atoms with Crippen LogP contribution in [-0.4, -0.2) is 10.9 Å². The van der Waals surface area contributed by atoms with Crippen molar-refractivity contribution in [3.8, 4) is 5.75 Å². The van der Waals surface area contributed by atoms with E-state index >= 15 is 0 Å². The lowest BCUT2D eigenvalue weighted by Gasteiger charge is -2.06. The molecule has 1 aromatic heterocycles. The number of allylic oxidation sites excluding steroid dienone is 1. The van der Waals surface area contributed by atoms with E-state index in [1.54, 1.807) is 13.0 Å². The second-order valence-corrected chi connectivity index (χ2v) is 4.13. The third kappa shape index (κ3) is 1.72. The molecule has 4 nitrogen and oxygen atoms in total. The lowest BCUT2D eigenvalue weighted by molar-refractivity contribution is 0.101. The molecule has 0 saturated carbocycles. The first-order chi connectivity index (χ1) is 8.45. The van der Waals surface area contributed by atoms with Crippen LogP contribution in [0.2, 0.25) is 0 Å². The van der Waals surface area contributed by atoms with Gasteiger partial charge in [0.15, 0.2) is 0 Å². The zero-order valence-corrected chi connectivity index (χ0v) is 10.1.